The summed E-state index contributed by atoms with van der Waals surface area (Å²) in [4.78, 5) is 23.3. The number of amides is 1. The van der Waals surface area contributed by atoms with Crippen LogP contribution in [0.15, 0.2) is 60.8 Å². The summed E-state index contributed by atoms with van der Waals surface area (Å²) in [6, 6.07) is -0.866. The van der Waals surface area contributed by atoms with E-state index in [2.05, 4.69) is 67.8 Å². The zero-order valence-electron chi connectivity index (χ0n) is 47.5. The van der Waals surface area contributed by atoms with Crippen LogP contribution in [0.25, 0.3) is 0 Å². The van der Waals surface area contributed by atoms with Crippen LogP contribution in [0, 0.1) is 0 Å². The van der Waals surface area contributed by atoms with Gasteiger partial charge in [0.15, 0.2) is 0 Å². The number of phosphoric acid groups is 1. The first-order chi connectivity index (χ1) is 34.5. The van der Waals surface area contributed by atoms with Gasteiger partial charge in [-0.2, -0.15) is 0 Å². The van der Waals surface area contributed by atoms with E-state index < -0.39 is 20.0 Å². The molecule has 8 nitrogen and oxygen atoms in total. The Balaban J connectivity index is 4.19. The molecule has 0 aliphatic heterocycles. The SMILES string of the molecule is CCCCCCC/C=C\C/C=C\C/C=C\CCCCCCCCCCCCCCCCC(=O)NC(COP(=O)(O)OCC[N+](C)(C)C)C(O)/C=C/CC/C=C/CCCCCCCCCCCCCCCC. The maximum atomic E-state index is 13.0. The largest absolute Gasteiger partial charge is 0.472 e. The second kappa shape index (κ2) is 53.0. The Morgan fingerprint density at radius 2 is 0.817 bits per heavy atom. The van der Waals surface area contributed by atoms with E-state index in [-0.39, 0.29) is 19.1 Å². The first-order valence-corrected chi connectivity index (χ1v) is 31.7. The van der Waals surface area contributed by atoms with Gasteiger partial charge in [0.1, 0.15) is 13.2 Å². The number of nitrogens with one attached hydrogen (secondary N) is 1. The van der Waals surface area contributed by atoms with Crippen molar-refractivity contribution in [2.45, 2.75) is 289 Å². The Bertz CT molecular complexity index is 1340. The van der Waals surface area contributed by atoms with E-state index in [1.54, 1.807) is 6.08 Å². The lowest BCUT2D eigenvalue weighted by molar-refractivity contribution is -0.870. The van der Waals surface area contributed by atoms with Gasteiger partial charge in [0, 0.05) is 6.42 Å². The number of hydrogen-bond acceptors (Lipinski definition) is 5. The summed E-state index contributed by atoms with van der Waals surface area (Å²) >= 11 is 0. The van der Waals surface area contributed by atoms with Crippen molar-refractivity contribution in [3.63, 3.8) is 0 Å². The zero-order chi connectivity index (χ0) is 52.0. The molecule has 0 aromatic rings. The molecule has 0 aromatic heterocycles. The molecular formula is C62H118N2O6P+. The number of allylic oxidation sites excluding steroid dienone is 9. The number of aliphatic hydroxyl groups excluding tert-OH is 1. The van der Waals surface area contributed by atoms with Gasteiger partial charge >= 0.3 is 7.82 Å². The van der Waals surface area contributed by atoms with Gasteiger partial charge in [-0.1, -0.05) is 261 Å². The van der Waals surface area contributed by atoms with E-state index in [1.807, 2.05) is 27.2 Å². The Morgan fingerprint density at radius 1 is 0.479 bits per heavy atom. The Kier molecular flexibility index (Phi) is 51.7. The molecule has 0 aromatic carbocycles. The van der Waals surface area contributed by atoms with Crippen LogP contribution in [-0.2, 0) is 18.4 Å². The maximum absolute atomic E-state index is 13.0. The van der Waals surface area contributed by atoms with E-state index in [1.165, 1.54) is 205 Å². The van der Waals surface area contributed by atoms with Crippen LogP contribution in [0.5, 0.6) is 0 Å². The van der Waals surface area contributed by atoms with Gasteiger partial charge in [-0.15, -0.1) is 0 Å². The molecule has 0 saturated carbocycles. The lowest BCUT2D eigenvalue weighted by Gasteiger charge is -2.25. The minimum absolute atomic E-state index is 0.0551. The smallest absolute Gasteiger partial charge is 0.387 e. The van der Waals surface area contributed by atoms with Crippen LogP contribution in [0.4, 0.5) is 0 Å². The minimum atomic E-state index is -4.36. The molecule has 0 aliphatic carbocycles. The van der Waals surface area contributed by atoms with E-state index in [9.17, 15) is 19.4 Å². The maximum Gasteiger partial charge on any atom is 0.472 e. The molecule has 3 atom stereocenters. The number of aliphatic hydroxyl groups is 1. The third-order valence-electron chi connectivity index (χ3n) is 13.5. The van der Waals surface area contributed by atoms with Gasteiger partial charge in [0.05, 0.1) is 39.9 Å². The van der Waals surface area contributed by atoms with Gasteiger partial charge in [-0.05, 0) is 70.6 Å². The predicted molar refractivity (Wildman–Crippen MR) is 309 cm³/mol. The van der Waals surface area contributed by atoms with Crippen molar-refractivity contribution in [1.29, 1.82) is 0 Å². The molecule has 3 unspecified atom stereocenters. The monoisotopic (exact) mass is 1020 g/mol. The fraction of sp³-hybridized carbons (Fsp3) is 0.823. The summed E-state index contributed by atoms with van der Waals surface area (Å²) in [6.45, 7) is 4.81. The third-order valence-corrected chi connectivity index (χ3v) is 14.4. The van der Waals surface area contributed by atoms with Crippen molar-refractivity contribution in [2.24, 2.45) is 0 Å². The summed E-state index contributed by atoms with van der Waals surface area (Å²) in [5, 5.41) is 13.9. The summed E-state index contributed by atoms with van der Waals surface area (Å²) in [7, 11) is 1.56. The van der Waals surface area contributed by atoms with Crippen LogP contribution in [0.2, 0.25) is 0 Å². The molecule has 0 saturated heterocycles. The van der Waals surface area contributed by atoms with Crippen LogP contribution in [-0.4, -0.2) is 73.4 Å². The van der Waals surface area contributed by atoms with Gasteiger partial charge in [0.2, 0.25) is 5.91 Å². The first kappa shape index (κ1) is 69.2. The number of nitrogens with zero attached hydrogens (tertiary/aromatic N) is 1. The average Bonchev–Trinajstić information content (AvgIpc) is 3.33. The number of carbonyl (C=O) groups is 1. The number of likely N-dealkylation sites (N-methyl/N-ethyl adjacent to an activating group) is 1. The molecule has 0 spiro atoms. The normalized spacial score (nSPS) is 14.3. The van der Waals surface area contributed by atoms with E-state index in [0.717, 1.165) is 51.4 Å². The number of unbranched alkanes of at least 4 members (excludes halogenated alkanes) is 34. The van der Waals surface area contributed by atoms with Gasteiger partial charge in [0.25, 0.3) is 0 Å². The highest BCUT2D eigenvalue weighted by Crippen LogP contribution is 2.43. The molecule has 0 heterocycles. The highest BCUT2D eigenvalue weighted by molar-refractivity contribution is 7.47. The Hall–Kier alpha value is -1.80. The van der Waals surface area contributed by atoms with Crippen LogP contribution in [0.3, 0.4) is 0 Å². The van der Waals surface area contributed by atoms with Crippen molar-refractivity contribution in [2.75, 3.05) is 40.9 Å². The van der Waals surface area contributed by atoms with Crippen molar-refractivity contribution in [1.82, 2.24) is 5.32 Å². The number of carbonyl (C=O) groups excluding carboxylic acids is 1. The molecule has 0 rings (SSSR count). The second-order valence-electron chi connectivity index (χ2n) is 21.7. The summed E-state index contributed by atoms with van der Waals surface area (Å²) in [6.07, 6.45) is 71.9. The fourth-order valence-electron chi connectivity index (χ4n) is 8.71. The fourth-order valence-corrected chi connectivity index (χ4v) is 9.45. The number of quaternary nitrogens is 1. The molecule has 0 aliphatic rings. The van der Waals surface area contributed by atoms with E-state index >= 15 is 0 Å². The molecule has 1 amide bonds. The molecule has 3 N–H and O–H groups in total. The number of hydrogen-bond donors (Lipinski definition) is 3. The Morgan fingerprint density at radius 3 is 1.23 bits per heavy atom. The lowest BCUT2D eigenvalue weighted by Crippen LogP contribution is -2.45. The topological polar surface area (TPSA) is 105 Å². The minimum Gasteiger partial charge on any atom is -0.387 e. The standard InChI is InChI=1S/C62H117N2O6P/c1-6-8-10-12-14-16-18-20-22-24-26-28-29-30-31-32-33-34-35-36-38-40-42-44-46-48-50-52-54-56-62(66)63-60(59-70-71(67,68)69-58-57-64(3,4)5)61(65)55-53-51-49-47-45-43-41-39-37-27-25-23-21-19-17-15-13-11-9-7-2/h18,20,24,26,29-30,45,47,53,55,60-61,65H,6-17,19,21-23,25,27-28,31-44,46,48-52,54,56-59H2,1-5H3,(H-,63,66,67,68)/p+1/b20-18-,26-24-,30-29-,47-45+,55-53+. The third kappa shape index (κ3) is 55.8. The molecule has 9 heteroatoms. The van der Waals surface area contributed by atoms with E-state index in [0.29, 0.717) is 17.4 Å². The summed E-state index contributed by atoms with van der Waals surface area (Å²) in [5.74, 6) is -0.186. The first-order valence-electron chi connectivity index (χ1n) is 30.2. The number of phosphoric ester groups is 1. The average molecular weight is 1020 g/mol. The van der Waals surface area contributed by atoms with Crippen LogP contribution >= 0.6 is 7.82 Å². The zero-order valence-corrected chi connectivity index (χ0v) is 48.4. The predicted octanol–water partition coefficient (Wildman–Crippen LogP) is 18.5. The van der Waals surface area contributed by atoms with Crippen molar-refractivity contribution in [3.8, 4) is 0 Å². The summed E-state index contributed by atoms with van der Waals surface area (Å²) in [5.41, 5.74) is 0. The van der Waals surface area contributed by atoms with Gasteiger partial charge in [-0.25, -0.2) is 4.57 Å². The van der Waals surface area contributed by atoms with Crippen LogP contribution < -0.4 is 5.32 Å². The van der Waals surface area contributed by atoms with Crippen LogP contribution in [0.1, 0.15) is 277 Å². The van der Waals surface area contributed by atoms with Gasteiger partial charge < -0.3 is 19.8 Å². The van der Waals surface area contributed by atoms with Crippen molar-refractivity contribution >= 4 is 13.7 Å². The number of rotatable bonds is 55. The van der Waals surface area contributed by atoms with E-state index in [4.69, 9.17) is 9.05 Å². The molecule has 0 fully saturated rings. The summed E-state index contributed by atoms with van der Waals surface area (Å²) < 4.78 is 23.7. The molecule has 71 heavy (non-hydrogen) atoms. The Labute approximate surface area is 441 Å². The highest BCUT2D eigenvalue weighted by Gasteiger charge is 2.27. The lowest BCUT2D eigenvalue weighted by atomic mass is 10.0. The molecule has 0 radical (unpaired) electrons. The quantitative estimate of drug-likeness (QED) is 0.0243. The molecular weight excluding hydrogens is 900 g/mol. The van der Waals surface area contributed by atoms with Crippen molar-refractivity contribution < 1.29 is 32.9 Å². The van der Waals surface area contributed by atoms with Gasteiger partial charge in [-0.3, -0.25) is 13.8 Å². The highest BCUT2D eigenvalue weighted by atomic mass is 31.2. The molecule has 416 valence electrons. The second-order valence-corrected chi connectivity index (χ2v) is 23.2. The van der Waals surface area contributed by atoms with Crippen molar-refractivity contribution in [3.05, 3.63) is 60.8 Å². The molecule has 0 bridgehead atoms.